The Kier molecular flexibility index (Phi) is 10.6. The van der Waals surface area contributed by atoms with E-state index in [1.807, 2.05) is 0 Å². The van der Waals surface area contributed by atoms with E-state index in [-0.39, 0.29) is 0 Å². The summed E-state index contributed by atoms with van der Waals surface area (Å²) in [7, 11) is 0. The zero-order chi connectivity index (χ0) is 14.8. The van der Waals surface area contributed by atoms with Crippen LogP contribution in [0.15, 0.2) is 0 Å². The highest BCUT2D eigenvalue weighted by Gasteiger charge is 2.14. The van der Waals surface area contributed by atoms with Crippen LogP contribution in [0.1, 0.15) is 61.3 Å². The summed E-state index contributed by atoms with van der Waals surface area (Å²) in [6.45, 7) is 18.4. The third-order valence-corrected chi connectivity index (χ3v) is 3.39. The SMILES string of the molecule is CCCC(CNC(C)C)OCCN(C(C)C)C(C)C. The maximum absolute atomic E-state index is 6.06. The molecule has 1 unspecified atom stereocenters. The van der Waals surface area contributed by atoms with Gasteiger partial charge in [0.15, 0.2) is 0 Å². The molecule has 0 spiro atoms. The summed E-state index contributed by atoms with van der Waals surface area (Å²) < 4.78 is 6.06. The van der Waals surface area contributed by atoms with Crippen LogP contribution in [0.3, 0.4) is 0 Å². The first-order valence-corrected chi connectivity index (χ1v) is 7.99. The van der Waals surface area contributed by atoms with Crippen LogP contribution in [0, 0.1) is 0 Å². The summed E-state index contributed by atoms with van der Waals surface area (Å²) in [6, 6.07) is 1.70. The molecule has 0 saturated heterocycles. The lowest BCUT2D eigenvalue weighted by molar-refractivity contribution is 0.0204. The van der Waals surface area contributed by atoms with Crippen molar-refractivity contribution in [3.05, 3.63) is 0 Å². The smallest absolute Gasteiger partial charge is 0.0700 e. The van der Waals surface area contributed by atoms with Gasteiger partial charge in [-0.05, 0) is 34.1 Å². The van der Waals surface area contributed by atoms with Crippen molar-refractivity contribution in [2.75, 3.05) is 19.7 Å². The van der Waals surface area contributed by atoms with E-state index in [1.54, 1.807) is 0 Å². The van der Waals surface area contributed by atoms with E-state index in [2.05, 4.69) is 58.7 Å². The van der Waals surface area contributed by atoms with Gasteiger partial charge in [0, 0.05) is 31.2 Å². The zero-order valence-electron chi connectivity index (χ0n) is 14.2. The Bertz CT molecular complexity index is 197. The number of rotatable bonds is 11. The molecule has 0 saturated carbocycles. The van der Waals surface area contributed by atoms with Crippen molar-refractivity contribution in [1.29, 1.82) is 0 Å². The van der Waals surface area contributed by atoms with E-state index in [0.29, 0.717) is 24.2 Å². The normalized spacial score (nSPS) is 14.1. The maximum atomic E-state index is 6.06. The lowest BCUT2D eigenvalue weighted by Crippen LogP contribution is -2.41. The van der Waals surface area contributed by atoms with E-state index in [0.717, 1.165) is 26.1 Å². The summed E-state index contributed by atoms with van der Waals surface area (Å²) >= 11 is 0. The van der Waals surface area contributed by atoms with Crippen molar-refractivity contribution >= 4 is 0 Å². The van der Waals surface area contributed by atoms with Crippen LogP contribution >= 0.6 is 0 Å². The van der Waals surface area contributed by atoms with E-state index in [1.165, 1.54) is 6.42 Å². The van der Waals surface area contributed by atoms with Crippen molar-refractivity contribution in [2.45, 2.75) is 85.5 Å². The van der Waals surface area contributed by atoms with Gasteiger partial charge in [-0.25, -0.2) is 0 Å². The fraction of sp³-hybridized carbons (Fsp3) is 1.00. The fourth-order valence-corrected chi connectivity index (χ4v) is 2.37. The summed E-state index contributed by atoms with van der Waals surface area (Å²) in [4.78, 5) is 2.48. The van der Waals surface area contributed by atoms with E-state index >= 15 is 0 Å². The number of nitrogens with one attached hydrogen (secondary N) is 1. The molecule has 116 valence electrons. The molecule has 0 radical (unpaired) electrons. The molecule has 0 aliphatic rings. The van der Waals surface area contributed by atoms with Crippen LogP contribution in [-0.4, -0.2) is 48.8 Å². The molecule has 19 heavy (non-hydrogen) atoms. The first-order chi connectivity index (χ1) is 8.88. The second-order valence-corrected chi connectivity index (χ2v) is 6.27. The molecule has 0 heterocycles. The minimum atomic E-state index is 0.355. The summed E-state index contributed by atoms with van der Waals surface area (Å²) in [6.07, 6.45) is 2.68. The molecule has 0 aliphatic heterocycles. The third kappa shape index (κ3) is 9.42. The standard InChI is InChI=1S/C16H36N2O/c1-8-9-16(12-17-13(2)3)19-11-10-18(14(4)5)15(6)7/h13-17H,8-12H2,1-7H3. The molecule has 1 atom stereocenters. The molecule has 0 aromatic rings. The first-order valence-electron chi connectivity index (χ1n) is 7.99. The number of hydrogen-bond donors (Lipinski definition) is 1. The summed E-state index contributed by atoms with van der Waals surface area (Å²) in [5, 5.41) is 3.48. The van der Waals surface area contributed by atoms with Gasteiger partial charge >= 0.3 is 0 Å². The molecule has 0 aromatic carbocycles. The van der Waals surface area contributed by atoms with Gasteiger partial charge in [-0.3, -0.25) is 4.90 Å². The minimum Gasteiger partial charge on any atom is -0.376 e. The van der Waals surface area contributed by atoms with Crippen LogP contribution in [0.25, 0.3) is 0 Å². The van der Waals surface area contributed by atoms with Gasteiger partial charge < -0.3 is 10.1 Å². The van der Waals surface area contributed by atoms with Crippen molar-refractivity contribution in [3.8, 4) is 0 Å². The van der Waals surface area contributed by atoms with Crippen LogP contribution in [0.5, 0.6) is 0 Å². The van der Waals surface area contributed by atoms with Gasteiger partial charge in [-0.2, -0.15) is 0 Å². The average Bonchev–Trinajstić information content (AvgIpc) is 2.30. The third-order valence-electron chi connectivity index (χ3n) is 3.39. The van der Waals surface area contributed by atoms with Gasteiger partial charge in [0.25, 0.3) is 0 Å². The van der Waals surface area contributed by atoms with Crippen LogP contribution in [0.4, 0.5) is 0 Å². The summed E-state index contributed by atoms with van der Waals surface area (Å²) in [5.41, 5.74) is 0. The first kappa shape index (κ1) is 18.9. The molecule has 0 aliphatic carbocycles. The van der Waals surface area contributed by atoms with Gasteiger partial charge in [0.05, 0.1) is 12.7 Å². The van der Waals surface area contributed by atoms with E-state index in [4.69, 9.17) is 4.74 Å². The molecular formula is C16H36N2O. The molecule has 0 fully saturated rings. The highest BCUT2D eigenvalue weighted by atomic mass is 16.5. The van der Waals surface area contributed by atoms with Crippen molar-refractivity contribution < 1.29 is 4.74 Å². The monoisotopic (exact) mass is 272 g/mol. The molecular weight excluding hydrogens is 236 g/mol. The lowest BCUT2D eigenvalue weighted by Gasteiger charge is -2.31. The van der Waals surface area contributed by atoms with Gasteiger partial charge in [-0.15, -0.1) is 0 Å². The van der Waals surface area contributed by atoms with Gasteiger partial charge in [0.2, 0.25) is 0 Å². The topological polar surface area (TPSA) is 24.5 Å². The van der Waals surface area contributed by atoms with Crippen molar-refractivity contribution in [2.24, 2.45) is 0 Å². The Balaban J connectivity index is 4.02. The second-order valence-electron chi connectivity index (χ2n) is 6.27. The van der Waals surface area contributed by atoms with E-state index in [9.17, 15) is 0 Å². The number of hydrogen-bond acceptors (Lipinski definition) is 3. The lowest BCUT2D eigenvalue weighted by atomic mass is 10.2. The van der Waals surface area contributed by atoms with Crippen molar-refractivity contribution in [1.82, 2.24) is 10.2 Å². The second kappa shape index (κ2) is 10.6. The van der Waals surface area contributed by atoms with Gasteiger partial charge in [0.1, 0.15) is 0 Å². The minimum absolute atomic E-state index is 0.355. The molecule has 0 amide bonds. The Morgan fingerprint density at radius 1 is 1.00 bits per heavy atom. The molecule has 1 N–H and O–H groups in total. The predicted octanol–water partition coefficient (Wildman–Crippen LogP) is 3.29. The quantitative estimate of drug-likeness (QED) is 0.624. The molecule has 3 heteroatoms. The highest BCUT2D eigenvalue weighted by molar-refractivity contribution is 4.68. The molecule has 0 rings (SSSR count). The van der Waals surface area contributed by atoms with Crippen molar-refractivity contribution in [3.63, 3.8) is 0 Å². The Morgan fingerprint density at radius 2 is 1.58 bits per heavy atom. The van der Waals surface area contributed by atoms with Crippen LogP contribution < -0.4 is 5.32 Å². The Morgan fingerprint density at radius 3 is 2.00 bits per heavy atom. The summed E-state index contributed by atoms with van der Waals surface area (Å²) in [5.74, 6) is 0. The fourth-order valence-electron chi connectivity index (χ4n) is 2.37. The largest absolute Gasteiger partial charge is 0.376 e. The van der Waals surface area contributed by atoms with Gasteiger partial charge in [-0.1, -0.05) is 27.2 Å². The molecule has 0 aromatic heterocycles. The van der Waals surface area contributed by atoms with Crippen LogP contribution in [-0.2, 0) is 4.74 Å². The Labute approximate surface area is 121 Å². The average molecular weight is 272 g/mol. The predicted molar refractivity (Wildman–Crippen MR) is 84.8 cm³/mol. The molecule has 3 nitrogen and oxygen atoms in total. The number of ether oxygens (including phenoxy) is 1. The highest BCUT2D eigenvalue weighted by Crippen LogP contribution is 2.06. The maximum Gasteiger partial charge on any atom is 0.0700 e. The van der Waals surface area contributed by atoms with E-state index < -0.39 is 0 Å². The number of nitrogens with zero attached hydrogens (tertiary/aromatic N) is 1. The van der Waals surface area contributed by atoms with Crippen LogP contribution in [0.2, 0.25) is 0 Å². The molecule has 0 bridgehead atoms. The Hall–Kier alpha value is -0.120. The zero-order valence-corrected chi connectivity index (χ0v) is 14.2.